The summed E-state index contributed by atoms with van der Waals surface area (Å²) in [4.78, 5) is 0. The normalized spacial score (nSPS) is 23.4. The van der Waals surface area contributed by atoms with E-state index >= 15 is 0 Å². The Balaban J connectivity index is 2.01. The zero-order valence-electron chi connectivity index (χ0n) is 10.4. The lowest BCUT2D eigenvalue weighted by atomic mass is 9.95. The second kappa shape index (κ2) is 5.83. The molecule has 18 heavy (non-hydrogen) atoms. The Morgan fingerprint density at radius 2 is 2.11 bits per heavy atom. The molecule has 0 bridgehead atoms. The average molecular weight is 249 g/mol. The molecule has 0 heterocycles. The molecular formula is C14H16FNO2. The molecule has 0 aromatic heterocycles. The van der Waals surface area contributed by atoms with E-state index in [4.69, 9.17) is 14.7 Å². The molecule has 4 heteroatoms. The van der Waals surface area contributed by atoms with Crippen LogP contribution in [0.1, 0.15) is 31.2 Å². The van der Waals surface area contributed by atoms with Gasteiger partial charge in [-0.05, 0) is 31.4 Å². The van der Waals surface area contributed by atoms with E-state index in [1.54, 1.807) is 19.2 Å². The van der Waals surface area contributed by atoms with Crippen LogP contribution in [0.5, 0.6) is 5.75 Å². The van der Waals surface area contributed by atoms with Crippen molar-refractivity contribution in [2.24, 2.45) is 0 Å². The van der Waals surface area contributed by atoms with Gasteiger partial charge in [0, 0.05) is 19.6 Å². The van der Waals surface area contributed by atoms with Crippen LogP contribution in [0.3, 0.4) is 0 Å². The molecule has 0 spiro atoms. The third kappa shape index (κ3) is 2.99. The quantitative estimate of drug-likeness (QED) is 0.826. The minimum atomic E-state index is -0.533. The van der Waals surface area contributed by atoms with Crippen LogP contribution in [0.15, 0.2) is 18.2 Å². The first-order valence-corrected chi connectivity index (χ1v) is 6.12. The van der Waals surface area contributed by atoms with Crippen molar-refractivity contribution in [3.63, 3.8) is 0 Å². The van der Waals surface area contributed by atoms with Crippen molar-refractivity contribution in [1.29, 1.82) is 5.26 Å². The number of ether oxygens (including phenoxy) is 2. The van der Waals surface area contributed by atoms with Gasteiger partial charge in [-0.1, -0.05) is 0 Å². The number of nitrogens with zero attached hydrogens (tertiary/aromatic N) is 1. The summed E-state index contributed by atoms with van der Waals surface area (Å²) in [6.07, 6.45) is 4.20. The molecule has 2 atom stereocenters. The molecule has 2 unspecified atom stereocenters. The smallest absolute Gasteiger partial charge is 0.144 e. The van der Waals surface area contributed by atoms with Gasteiger partial charge in [0.05, 0.1) is 11.7 Å². The summed E-state index contributed by atoms with van der Waals surface area (Å²) in [6.45, 7) is 0. The van der Waals surface area contributed by atoms with Crippen molar-refractivity contribution >= 4 is 0 Å². The lowest BCUT2D eigenvalue weighted by Gasteiger charge is -2.28. The summed E-state index contributed by atoms with van der Waals surface area (Å²) in [5.41, 5.74) is 0.0424. The first-order chi connectivity index (χ1) is 8.72. The number of rotatable bonds is 3. The maximum Gasteiger partial charge on any atom is 0.144 e. The highest BCUT2D eigenvalue weighted by Crippen LogP contribution is 2.26. The zero-order chi connectivity index (χ0) is 13.0. The Morgan fingerprint density at radius 3 is 2.78 bits per heavy atom. The molecule has 0 saturated heterocycles. The predicted octanol–water partition coefficient (Wildman–Crippen LogP) is 3.03. The van der Waals surface area contributed by atoms with E-state index in [-0.39, 0.29) is 17.8 Å². The largest absolute Gasteiger partial charge is 0.490 e. The minimum absolute atomic E-state index is 0.0424. The first-order valence-electron chi connectivity index (χ1n) is 6.12. The second-order valence-electron chi connectivity index (χ2n) is 4.52. The maximum absolute atomic E-state index is 13.4. The summed E-state index contributed by atoms with van der Waals surface area (Å²) in [5, 5.41) is 8.65. The van der Waals surface area contributed by atoms with Crippen molar-refractivity contribution in [3.05, 3.63) is 29.6 Å². The minimum Gasteiger partial charge on any atom is -0.490 e. The fourth-order valence-corrected chi connectivity index (χ4v) is 2.28. The van der Waals surface area contributed by atoms with Crippen LogP contribution in [0.25, 0.3) is 0 Å². The molecule has 96 valence electrons. The highest BCUT2D eigenvalue weighted by atomic mass is 19.1. The summed E-state index contributed by atoms with van der Waals surface area (Å²) in [6, 6.07) is 6.15. The molecule has 0 aliphatic heterocycles. The molecule has 1 aromatic carbocycles. The average Bonchev–Trinajstić information content (AvgIpc) is 2.39. The Labute approximate surface area is 106 Å². The third-order valence-electron chi connectivity index (χ3n) is 3.28. The maximum atomic E-state index is 13.4. The van der Waals surface area contributed by atoms with Gasteiger partial charge in [-0.3, -0.25) is 0 Å². The topological polar surface area (TPSA) is 42.2 Å². The van der Waals surface area contributed by atoms with Crippen LogP contribution < -0.4 is 4.74 Å². The number of hydrogen-bond acceptors (Lipinski definition) is 3. The lowest BCUT2D eigenvalue weighted by molar-refractivity contribution is 0.0209. The van der Waals surface area contributed by atoms with Gasteiger partial charge in [-0.2, -0.15) is 5.26 Å². The molecular weight excluding hydrogens is 233 g/mol. The first kappa shape index (κ1) is 12.8. The molecule has 3 nitrogen and oxygen atoms in total. The van der Waals surface area contributed by atoms with E-state index < -0.39 is 5.82 Å². The van der Waals surface area contributed by atoms with E-state index in [2.05, 4.69) is 0 Å². The van der Waals surface area contributed by atoms with Crippen LogP contribution in [0.2, 0.25) is 0 Å². The molecule has 2 rings (SSSR count). The van der Waals surface area contributed by atoms with Crippen LogP contribution in [-0.4, -0.2) is 19.3 Å². The third-order valence-corrected chi connectivity index (χ3v) is 3.28. The Hall–Kier alpha value is -1.60. The van der Waals surface area contributed by atoms with E-state index in [9.17, 15) is 4.39 Å². The fourth-order valence-electron chi connectivity index (χ4n) is 2.28. The fraction of sp³-hybridized carbons (Fsp3) is 0.500. The van der Waals surface area contributed by atoms with Crippen LogP contribution in [-0.2, 0) is 4.74 Å². The molecule has 1 aliphatic carbocycles. The van der Waals surface area contributed by atoms with Crippen molar-refractivity contribution < 1.29 is 13.9 Å². The van der Waals surface area contributed by atoms with E-state index in [0.29, 0.717) is 5.75 Å². The number of benzene rings is 1. The van der Waals surface area contributed by atoms with E-state index in [1.165, 1.54) is 12.1 Å². The molecule has 1 aliphatic rings. The molecule has 0 amide bonds. The molecule has 0 N–H and O–H groups in total. The van der Waals surface area contributed by atoms with Gasteiger partial charge < -0.3 is 9.47 Å². The van der Waals surface area contributed by atoms with Crippen molar-refractivity contribution in [2.45, 2.75) is 37.9 Å². The molecule has 1 saturated carbocycles. The molecule has 1 aromatic rings. The van der Waals surface area contributed by atoms with Gasteiger partial charge in [0.25, 0.3) is 0 Å². The second-order valence-corrected chi connectivity index (χ2v) is 4.52. The highest BCUT2D eigenvalue weighted by molar-refractivity contribution is 5.36. The van der Waals surface area contributed by atoms with Gasteiger partial charge in [0.15, 0.2) is 0 Å². The summed E-state index contributed by atoms with van der Waals surface area (Å²) in [5.74, 6) is -0.0534. The summed E-state index contributed by atoms with van der Waals surface area (Å²) >= 11 is 0. The van der Waals surface area contributed by atoms with Gasteiger partial charge in [-0.15, -0.1) is 0 Å². The van der Waals surface area contributed by atoms with E-state index in [0.717, 1.165) is 25.7 Å². The number of hydrogen-bond donors (Lipinski definition) is 0. The number of nitriles is 1. The summed E-state index contributed by atoms with van der Waals surface area (Å²) in [7, 11) is 1.70. The van der Waals surface area contributed by atoms with Gasteiger partial charge >= 0.3 is 0 Å². The van der Waals surface area contributed by atoms with Crippen LogP contribution >= 0.6 is 0 Å². The van der Waals surface area contributed by atoms with Crippen molar-refractivity contribution in [1.82, 2.24) is 0 Å². The van der Waals surface area contributed by atoms with Crippen LogP contribution in [0.4, 0.5) is 4.39 Å². The van der Waals surface area contributed by atoms with E-state index in [1.807, 2.05) is 0 Å². The monoisotopic (exact) mass is 249 g/mol. The Bertz CT molecular complexity index is 456. The molecule has 0 radical (unpaired) electrons. The zero-order valence-corrected chi connectivity index (χ0v) is 10.4. The summed E-state index contributed by atoms with van der Waals surface area (Å²) < 4.78 is 24.5. The predicted molar refractivity (Wildman–Crippen MR) is 64.8 cm³/mol. The SMILES string of the molecule is COC1CCCC(Oc2ccc(C#N)c(F)c2)C1. The van der Waals surface area contributed by atoms with Gasteiger partial charge in [0.2, 0.25) is 0 Å². The highest BCUT2D eigenvalue weighted by Gasteiger charge is 2.23. The lowest BCUT2D eigenvalue weighted by Crippen LogP contribution is -2.29. The Kier molecular flexibility index (Phi) is 4.16. The van der Waals surface area contributed by atoms with Crippen LogP contribution in [0, 0.1) is 17.1 Å². The number of halogens is 1. The standard InChI is InChI=1S/C14H16FNO2/c1-17-11-3-2-4-12(7-11)18-13-6-5-10(9-16)14(15)8-13/h5-6,8,11-12H,2-4,7H2,1H3. The van der Waals surface area contributed by atoms with Gasteiger partial charge in [0.1, 0.15) is 23.7 Å². The Morgan fingerprint density at radius 1 is 1.33 bits per heavy atom. The van der Waals surface area contributed by atoms with Crippen molar-refractivity contribution in [2.75, 3.05) is 7.11 Å². The molecule has 1 fully saturated rings. The van der Waals surface area contributed by atoms with Gasteiger partial charge in [-0.25, -0.2) is 4.39 Å². The number of methoxy groups -OCH3 is 1. The van der Waals surface area contributed by atoms with Crippen molar-refractivity contribution in [3.8, 4) is 11.8 Å².